The molecule has 0 radical (unpaired) electrons. The summed E-state index contributed by atoms with van der Waals surface area (Å²) < 4.78 is 5.15. The number of carbonyl (C=O) groups excluding carboxylic acids is 3. The van der Waals surface area contributed by atoms with E-state index in [0.29, 0.717) is 36.1 Å². The predicted octanol–water partition coefficient (Wildman–Crippen LogP) is 2.98. The fraction of sp³-hybridized carbons (Fsp3) is 0.235. The number of esters is 1. The molecule has 1 aliphatic heterocycles. The fourth-order valence-electron chi connectivity index (χ4n) is 2.44. The zero-order valence-electron chi connectivity index (χ0n) is 12.4. The van der Waals surface area contributed by atoms with E-state index in [-0.39, 0.29) is 24.4 Å². The van der Waals surface area contributed by atoms with Gasteiger partial charge in [-0.1, -0.05) is 12.1 Å². The Balaban J connectivity index is 1.44. The van der Waals surface area contributed by atoms with Gasteiger partial charge in [0.15, 0.2) is 0 Å². The van der Waals surface area contributed by atoms with Crippen LogP contribution in [0, 0.1) is 0 Å². The van der Waals surface area contributed by atoms with Crippen molar-refractivity contribution in [3.63, 3.8) is 0 Å². The number of amides is 2. The molecule has 0 fully saturated rings. The normalized spacial score (nSPS) is 13.3. The minimum Gasteiger partial charge on any atom is -0.462 e. The first kappa shape index (κ1) is 15.4. The van der Waals surface area contributed by atoms with Gasteiger partial charge in [-0.15, -0.1) is 0 Å². The zero-order chi connectivity index (χ0) is 16.2. The van der Waals surface area contributed by atoms with Crippen molar-refractivity contribution >= 4 is 29.1 Å². The Kier molecular flexibility index (Phi) is 4.52. The van der Waals surface area contributed by atoms with Crippen LogP contribution in [0.5, 0.6) is 0 Å². The van der Waals surface area contributed by atoms with Gasteiger partial charge in [0.2, 0.25) is 0 Å². The molecule has 0 N–H and O–H groups in total. The molecule has 0 spiro atoms. The second-order valence-electron chi connectivity index (χ2n) is 5.16. The average molecular weight is 329 g/mol. The third-order valence-electron chi connectivity index (χ3n) is 3.64. The summed E-state index contributed by atoms with van der Waals surface area (Å²) in [5.41, 5.74) is 1.47. The van der Waals surface area contributed by atoms with Crippen LogP contribution < -0.4 is 0 Å². The van der Waals surface area contributed by atoms with Crippen molar-refractivity contribution < 1.29 is 19.1 Å². The molecule has 1 aliphatic rings. The molecule has 23 heavy (non-hydrogen) atoms. The Hall–Kier alpha value is -2.47. The highest BCUT2D eigenvalue weighted by Crippen LogP contribution is 2.22. The molecule has 0 aliphatic carbocycles. The quantitative estimate of drug-likeness (QED) is 0.464. The lowest BCUT2D eigenvalue weighted by atomic mass is 10.1. The van der Waals surface area contributed by atoms with Crippen molar-refractivity contribution in [2.24, 2.45) is 0 Å². The number of imide groups is 1. The SMILES string of the molecule is O=C(OCCCCN1C(=O)c2ccccc2C1=O)c1ccsc1. The maximum atomic E-state index is 12.2. The van der Waals surface area contributed by atoms with Crippen LogP contribution in [0.3, 0.4) is 0 Å². The Morgan fingerprint density at radius 2 is 1.74 bits per heavy atom. The van der Waals surface area contributed by atoms with Gasteiger partial charge in [0.25, 0.3) is 11.8 Å². The minimum atomic E-state index is -0.341. The lowest BCUT2D eigenvalue weighted by Gasteiger charge is -2.13. The van der Waals surface area contributed by atoms with E-state index in [1.807, 2.05) is 5.38 Å². The van der Waals surface area contributed by atoms with E-state index in [0.717, 1.165) is 0 Å². The number of hydrogen-bond donors (Lipinski definition) is 0. The first-order chi connectivity index (χ1) is 11.2. The molecule has 5 nitrogen and oxygen atoms in total. The highest BCUT2D eigenvalue weighted by Gasteiger charge is 2.34. The summed E-state index contributed by atoms with van der Waals surface area (Å²) in [6.07, 6.45) is 1.20. The minimum absolute atomic E-state index is 0.249. The third-order valence-corrected chi connectivity index (χ3v) is 4.33. The maximum absolute atomic E-state index is 12.2. The number of hydrogen-bond acceptors (Lipinski definition) is 5. The molecule has 0 atom stereocenters. The number of nitrogens with zero attached hydrogens (tertiary/aromatic N) is 1. The molecule has 6 heteroatoms. The predicted molar refractivity (Wildman–Crippen MR) is 85.6 cm³/mol. The second-order valence-corrected chi connectivity index (χ2v) is 5.94. The van der Waals surface area contributed by atoms with Crippen molar-refractivity contribution in [3.8, 4) is 0 Å². The standard InChI is InChI=1S/C17H15NO4S/c19-15-13-5-1-2-6-14(13)16(20)18(15)8-3-4-9-22-17(21)12-7-10-23-11-12/h1-2,5-7,10-11H,3-4,8-9H2. The van der Waals surface area contributed by atoms with Gasteiger partial charge in [-0.25, -0.2) is 4.79 Å². The van der Waals surface area contributed by atoms with E-state index in [1.165, 1.54) is 16.2 Å². The number of carbonyl (C=O) groups is 3. The maximum Gasteiger partial charge on any atom is 0.338 e. The van der Waals surface area contributed by atoms with E-state index in [4.69, 9.17) is 4.74 Å². The second kappa shape index (κ2) is 6.75. The smallest absolute Gasteiger partial charge is 0.338 e. The topological polar surface area (TPSA) is 63.7 Å². The van der Waals surface area contributed by atoms with Crippen LogP contribution in [-0.4, -0.2) is 35.8 Å². The molecule has 1 aromatic carbocycles. The molecule has 118 valence electrons. The first-order valence-corrected chi connectivity index (χ1v) is 8.27. The molecule has 0 bridgehead atoms. The van der Waals surface area contributed by atoms with Crippen LogP contribution >= 0.6 is 11.3 Å². The van der Waals surface area contributed by atoms with E-state index >= 15 is 0 Å². The molecule has 1 aromatic heterocycles. The third kappa shape index (κ3) is 3.17. The van der Waals surface area contributed by atoms with Gasteiger partial charge in [0, 0.05) is 11.9 Å². The van der Waals surface area contributed by atoms with Crippen molar-refractivity contribution in [2.45, 2.75) is 12.8 Å². The molecular weight excluding hydrogens is 314 g/mol. The van der Waals surface area contributed by atoms with Crippen LogP contribution in [-0.2, 0) is 4.74 Å². The number of unbranched alkanes of at least 4 members (excludes halogenated alkanes) is 1. The van der Waals surface area contributed by atoms with Crippen LogP contribution in [0.15, 0.2) is 41.1 Å². The van der Waals surface area contributed by atoms with Crippen molar-refractivity contribution in [1.29, 1.82) is 0 Å². The zero-order valence-corrected chi connectivity index (χ0v) is 13.2. The van der Waals surface area contributed by atoms with Crippen molar-refractivity contribution in [3.05, 3.63) is 57.8 Å². The fourth-order valence-corrected chi connectivity index (χ4v) is 3.07. The molecule has 2 amide bonds. The summed E-state index contributed by atoms with van der Waals surface area (Å²) in [6.45, 7) is 0.611. The van der Waals surface area contributed by atoms with Gasteiger partial charge in [0.05, 0.1) is 23.3 Å². The number of fused-ring (bicyclic) bond motifs is 1. The summed E-state index contributed by atoms with van der Waals surface area (Å²) in [5.74, 6) is -0.839. The summed E-state index contributed by atoms with van der Waals surface area (Å²) >= 11 is 1.44. The molecule has 0 saturated heterocycles. The van der Waals surface area contributed by atoms with Gasteiger partial charge < -0.3 is 4.74 Å². The highest BCUT2D eigenvalue weighted by molar-refractivity contribution is 7.08. The molecule has 0 saturated carbocycles. The van der Waals surface area contributed by atoms with E-state index in [9.17, 15) is 14.4 Å². The number of ether oxygens (including phenoxy) is 1. The Morgan fingerprint density at radius 3 is 2.35 bits per heavy atom. The van der Waals surface area contributed by atoms with Gasteiger partial charge in [-0.3, -0.25) is 14.5 Å². The lowest BCUT2D eigenvalue weighted by Crippen LogP contribution is -2.30. The van der Waals surface area contributed by atoms with E-state index < -0.39 is 0 Å². The molecule has 0 unspecified atom stereocenters. The largest absolute Gasteiger partial charge is 0.462 e. The van der Waals surface area contributed by atoms with Gasteiger partial charge in [-0.2, -0.15) is 11.3 Å². The lowest BCUT2D eigenvalue weighted by molar-refractivity contribution is 0.0486. The van der Waals surface area contributed by atoms with Crippen molar-refractivity contribution in [2.75, 3.05) is 13.2 Å². The Bertz CT molecular complexity index is 704. The van der Waals surface area contributed by atoms with E-state index in [1.54, 1.807) is 35.7 Å². The summed E-state index contributed by atoms with van der Waals surface area (Å²) in [6, 6.07) is 8.54. The highest BCUT2D eigenvalue weighted by atomic mass is 32.1. The molecular formula is C17H15NO4S. The molecule has 2 heterocycles. The van der Waals surface area contributed by atoms with Crippen molar-refractivity contribution in [1.82, 2.24) is 4.90 Å². The number of rotatable bonds is 6. The Labute approximate surface area is 137 Å². The van der Waals surface area contributed by atoms with Crippen LogP contribution in [0.4, 0.5) is 0 Å². The monoisotopic (exact) mass is 329 g/mol. The van der Waals surface area contributed by atoms with E-state index in [2.05, 4.69) is 0 Å². The van der Waals surface area contributed by atoms with Crippen LogP contribution in [0.1, 0.15) is 43.9 Å². The summed E-state index contributed by atoms with van der Waals surface area (Å²) in [5, 5.41) is 3.56. The van der Waals surface area contributed by atoms with Gasteiger partial charge in [-0.05, 0) is 36.4 Å². The molecule has 2 aromatic rings. The summed E-state index contributed by atoms with van der Waals surface area (Å²) in [4.78, 5) is 37.2. The summed E-state index contributed by atoms with van der Waals surface area (Å²) in [7, 11) is 0. The molecule has 3 rings (SSSR count). The van der Waals surface area contributed by atoms with Gasteiger partial charge in [0.1, 0.15) is 0 Å². The van der Waals surface area contributed by atoms with Crippen LogP contribution in [0.2, 0.25) is 0 Å². The average Bonchev–Trinajstić information content (AvgIpc) is 3.18. The van der Waals surface area contributed by atoms with Crippen LogP contribution in [0.25, 0.3) is 0 Å². The number of thiophene rings is 1. The van der Waals surface area contributed by atoms with Gasteiger partial charge >= 0.3 is 5.97 Å². The Morgan fingerprint density at radius 1 is 1.04 bits per heavy atom. The first-order valence-electron chi connectivity index (χ1n) is 7.33. The number of benzene rings is 1.